The Bertz CT molecular complexity index is 361. The molecule has 0 aromatic heterocycles. The molecule has 0 saturated heterocycles. The van der Waals surface area contributed by atoms with Crippen LogP contribution in [0.15, 0.2) is 17.0 Å². The molecule has 0 radical (unpaired) electrons. The number of ketones is 1. The molecule has 0 saturated carbocycles. The standard InChI is InChI=1S/C10H11ClFNOS/c1-15-10-7(11)4-6(5-8(10)12)9(14)2-3-13/h4-5H,2-3,13H2,1H3. The predicted molar refractivity (Wildman–Crippen MR) is 61.2 cm³/mol. The van der Waals surface area contributed by atoms with Gasteiger partial charge in [0.05, 0.1) is 9.92 Å². The van der Waals surface area contributed by atoms with Crippen LogP contribution in [0.4, 0.5) is 4.39 Å². The first-order valence-corrected chi connectivity index (χ1v) is 5.96. The minimum absolute atomic E-state index is 0.189. The highest BCUT2D eigenvalue weighted by atomic mass is 35.5. The number of rotatable bonds is 4. The van der Waals surface area contributed by atoms with E-state index in [4.69, 9.17) is 17.3 Å². The third-order valence-electron chi connectivity index (χ3n) is 1.90. The summed E-state index contributed by atoms with van der Waals surface area (Å²) in [5.41, 5.74) is 5.53. The SMILES string of the molecule is CSc1c(F)cc(C(=O)CCN)cc1Cl. The van der Waals surface area contributed by atoms with Gasteiger partial charge in [0.25, 0.3) is 0 Å². The van der Waals surface area contributed by atoms with Crippen LogP contribution in [0.25, 0.3) is 0 Å². The van der Waals surface area contributed by atoms with E-state index in [1.807, 2.05) is 0 Å². The van der Waals surface area contributed by atoms with E-state index >= 15 is 0 Å². The molecule has 0 fully saturated rings. The number of carbonyl (C=O) groups excluding carboxylic acids is 1. The summed E-state index contributed by atoms with van der Waals surface area (Å²) in [4.78, 5) is 11.8. The van der Waals surface area contributed by atoms with Crippen LogP contribution in [0.5, 0.6) is 0 Å². The Kier molecular flexibility index (Phi) is 4.57. The first-order chi connectivity index (χ1) is 7.10. The van der Waals surface area contributed by atoms with Gasteiger partial charge in [0, 0.05) is 12.0 Å². The van der Waals surface area contributed by atoms with E-state index < -0.39 is 5.82 Å². The molecule has 82 valence electrons. The summed E-state index contributed by atoms with van der Waals surface area (Å²) in [6.45, 7) is 0.252. The van der Waals surface area contributed by atoms with Crippen LogP contribution in [0, 0.1) is 5.82 Å². The van der Waals surface area contributed by atoms with Gasteiger partial charge in [0.15, 0.2) is 5.78 Å². The molecule has 0 amide bonds. The Morgan fingerprint density at radius 2 is 2.27 bits per heavy atom. The van der Waals surface area contributed by atoms with Crippen LogP contribution in [-0.4, -0.2) is 18.6 Å². The molecule has 1 aromatic carbocycles. The van der Waals surface area contributed by atoms with Gasteiger partial charge in [-0.3, -0.25) is 4.79 Å². The highest BCUT2D eigenvalue weighted by Gasteiger charge is 2.12. The van der Waals surface area contributed by atoms with Gasteiger partial charge < -0.3 is 5.73 Å². The summed E-state index contributed by atoms with van der Waals surface area (Å²) < 4.78 is 13.4. The van der Waals surface area contributed by atoms with E-state index in [0.29, 0.717) is 4.90 Å². The lowest BCUT2D eigenvalue weighted by molar-refractivity contribution is 0.0985. The number of thioether (sulfide) groups is 1. The fourth-order valence-electron chi connectivity index (χ4n) is 1.19. The number of hydrogen-bond donors (Lipinski definition) is 1. The Morgan fingerprint density at radius 3 is 2.73 bits per heavy atom. The first-order valence-electron chi connectivity index (χ1n) is 4.36. The van der Waals surface area contributed by atoms with Crippen LogP contribution in [0.3, 0.4) is 0 Å². The number of Topliss-reactive ketones (excluding diaryl/α,β-unsaturated/α-hetero) is 1. The van der Waals surface area contributed by atoms with Crippen molar-refractivity contribution >= 4 is 29.1 Å². The van der Waals surface area contributed by atoms with Crippen molar-refractivity contribution < 1.29 is 9.18 Å². The van der Waals surface area contributed by atoms with Crippen LogP contribution in [0.2, 0.25) is 5.02 Å². The van der Waals surface area contributed by atoms with Gasteiger partial charge in [-0.2, -0.15) is 0 Å². The average Bonchev–Trinajstić information content (AvgIpc) is 2.17. The first kappa shape index (κ1) is 12.5. The Labute approximate surface area is 97.0 Å². The zero-order chi connectivity index (χ0) is 11.4. The maximum atomic E-state index is 13.4. The van der Waals surface area contributed by atoms with Crippen LogP contribution in [0.1, 0.15) is 16.8 Å². The smallest absolute Gasteiger partial charge is 0.164 e. The normalized spacial score (nSPS) is 10.4. The molecular weight excluding hydrogens is 237 g/mol. The number of halogens is 2. The monoisotopic (exact) mass is 247 g/mol. The zero-order valence-corrected chi connectivity index (χ0v) is 9.79. The van der Waals surface area contributed by atoms with Crippen molar-refractivity contribution in [1.82, 2.24) is 0 Å². The van der Waals surface area contributed by atoms with Gasteiger partial charge in [-0.05, 0) is 24.9 Å². The zero-order valence-electron chi connectivity index (χ0n) is 8.22. The van der Waals surface area contributed by atoms with Crippen LogP contribution in [-0.2, 0) is 0 Å². The number of nitrogens with two attached hydrogens (primary N) is 1. The quantitative estimate of drug-likeness (QED) is 0.657. The average molecular weight is 248 g/mol. The van der Waals surface area contributed by atoms with Crippen molar-refractivity contribution in [2.75, 3.05) is 12.8 Å². The van der Waals surface area contributed by atoms with Gasteiger partial charge in [0.1, 0.15) is 5.82 Å². The molecule has 0 bridgehead atoms. The van der Waals surface area contributed by atoms with Gasteiger partial charge in [-0.1, -0.05) is 11.6 Å². The maximum absolute atomic E-state index is 13.4. The Hall–Kier alpha value is -0.580. The maximum Gasteiger partial charge on any atom is 0.164 e. The molecule has 0 spiro atoms. The van der Waals surface area contributed by atoms with Gasteiger partial charge in [-0.15, -0.1) is 11.8 Å². The molecular formula is C10H11ClFNOS. The molecule has 0 aliphatic heterocycles. The molecule has 0 aliphatic rings. The van der Waals surface area contributed by atoms with E-state index in [1.165, 1.54) is 23.9 Å². The number of carbonyl (C=O) groups is 1. The number of benzene rings is 1. The van der Waals surface area contributed by atoms with Gasteiger partial charge in [0.2, 0.25) is 0 Å². The topological polar surface area (TPSA) is 43.1 Å². The summed E-state index contributed by atoms with van der Waals surface area (Å²) in [5, 5.41) is 0.267. The summed E-state index contributed by atoms with van der Waals surface area (Å²) in [6.07, 6.45) is 1.93. The fraction of sp³-hybridized carbons (Fsp3) is 0.300. The highest BCUT2D eigenvalue weighted by molar-refractivity contribution is 7.98. The van der Waals surface area contributed by atoms with E-state index in [0.717, 1.165) is 0 Å². The Balaban J connectivity index is 3.08. The van der Waals surface area contributed by atoms with Crippen molar-refractivity contribution in [2.24, 2.45) is 5.73 Å². The highest BCUT2D eigenvalue weighted by Crippen LogP contribution is 2.29. The molecule has 1 rings (SSSR count). The van der Waals surface area contributed by atoms with Crippen LogP contribution >= 0.6 is 23.4 Å². The molecule has 1 aromatic rings. The van der Waals surface area contributed by atoms with Crippen molar-refractivity contribution in [2.45, 2.75) is 11.3 Å². The summed E-state index contributed by atoms with van der Waals surface area (Å²) in [6, 6.07) is 2.68. The molecule has 0 heterocycles. The molecule has 2 nitrogen and oxygen atoms in total. The van der Waals surface area contributed by atoms with Crippen molar-refractivity contribution in [1.29, 1.82) is 0 Å². The van der Waals surface area contributed by atoms with E-state index in [9.17, 15) is 9.18 Å². The van der Waals surface area contributed by atoms with Crippen molar-refractivity contribution in [3.05, 3.63) is 28.5 Å². The lowest BCUT2D eigenvalue weighted by atomic mass is 10.1. The summed E-state index contributed by atoms with van der Waals surface area (Å²) >= 11 is 7.05. The Morgan fingerprint density at radius 1 is 1.60 bits per heavy atom. The van der Waals surface area contributed by atoms with E-state index in [1.54, 1.807) is 6.26 Å². The third kappa shape index (κ3) is 2.93. The van der Waals surface area contributed by atoms with Crippen molar-refractivity contribution in [3.63, 3.8) is 0 Å². The largest absolute Gasteiger partial charge is 0.330 e. The summed E-state index contributed by atoms with van der Waals surface area (Å²) in [7, 11) is 0. The van der Waals surface area contributed by atoms with Crippen LogP contribution < -0.4 is 5.73 Å². The minimum atomic E-state index is -0.463. The fourth-order valence-corrected chi connectivity index (χ4v) is 2.14. The third-order valence-corrected chi connectivity index (χ3v) is 3.13. The second-order valence-electron chi connectivity index (χ2n) is 2.93. The lowest BCUT2D eigenvalue weighted by Gasteiger charge is -2.05. The lowest BCUT2D eigenvalue weighted by Crippen LogP contribution is -2.08. The van der Waals surface area contributed by atoms with E-state index in [-0.39, 0.29) is 29.3 Å². The molecule has 0 unspecified atom stereocenters. The van der Waals surface area contributed by atoms with Gasteiger partial charge in [-0.25, -0.2) is 4.39 Å². The summed E-state index contributed by atoms with van der Waals surface area (Å²) in [5.74, 6) is -0.652. The second-order valence-corrected chi connectivity index (χ2v) is 4.16. The molecule has 5 heteroatoms. The molecule has 2 N–H and O–H groups in total. The molecule has 0 atom stereocenters. The van der Waals surface area contributed by atoms with Gasteiger partial charge >= 0.3 is 0 Å². The van der Waals surface area contributed by atoms with E-state index in [2.05, 4.69) is 0 Å². The molecule has 0 aliphatic carbocycles. The predicted octanol–water partition coefficient (Wildman–Crippen LogP) is 2.73. The minimum Gasteiger partial charge on any atom is -0.330 e. The molecule has 15 heavy (non-hydrogen) atoms. The number of hydrogen-bond acceptors (Lipinski definition) is 3. The second kappa shape index (κ2) is 5.49. The van der Waals surface area contributed by atoms with Crippen molar-refractivity contribution in [3.8, 4) is 0 Å².